The van der Waals surface area contributed by atoms with Gasteiger partial charge in [-0.1, -0.05) is 13.8 Å². The molecule has 1 aliphatic heterocycles. The van der Waals surface area contributed by atoms with Crippen LogP contribution in [0.5, 0.6) is 0 Å². The number of carbonyl (C=O) groups is 1. The molecule has 1 rings (SSSR count). The Labute approximate surface area is 85.4 Å². The van der Waals surface area contributed by atoms with Gasteiger partial charge in [-0.25, -0.2) is 0 Å². The summed E-state index contributed by atoms with van der Waals surface area (Å²) >= 11 is 0. The highest BCUT2D eigenvalue weighted by atomic mass is 16.5. The van der Waals surface area contributed by atoms with Crippen molar-refractivity contribution in [1.82, 2.24) is 4.90 Å². The molecule has 0 aromatic heterocycles. The van der Waals surface area contributed by atoms with E-state index in [9.17, 15) is 4.79 Å². The third-order valence-electron chi connectivity index (χ3n) is 3.13. The van der Waals surface area contributed by atoms with Crippen LogP contribution in [0.1, 0.15) is 20.8 Å². The standard InChI is InChI=1S/C10H20N2O2/c1-7(2)10(11)5-12(6-10)9(13)8(3)14-4/h7-8H,5-6,11H2,1-4H3. The molecule has 1 saturated heterocycles. The minimum absolute atomic E-state index is 0.0363. The number of carbonyl (C=O) groups excluding carboxylic acids is 1. The minimum atomic E-state index is -0.355. The lowest BCUT2D eigenvalue weighted by Gasteiger charge is -2.50. The average molecular weight is 200 g/mol. The van der Waals surface area contributed by atoms with Crippen LogP contribution in [0, 0.1) is 5.92 Å². The zero-order chi connectivity index (χ0) is 10.9. The Kier molecular flexibility index (Phi) is 3.17. The average Bonchev–Trinajstić information content (AvgIpc) is 2.10. The van der Waals surface area contributed by atoms with Gasteiger partial charge in [0.05, 0.1) is 5.54 Å². The fourth-order valence-corrected chi connectivity index (χ4v) is 1.54. The Hall–Kier alpha value is -0.610. The van der Waals surface area contributed by atoms with E-state index in [-0.39, 0.29) is 17.6 Å². The molecule has 1 heterocycles. The molecule has 1 unspecified atom stereocenters. The van der Waals surface area contributed by atoms with E-state index in [1.165, 1.54) is 0 Å². The molecule has 0 aromatic carbocycles. The monoisotopic (exact) mass is 200 g/mol. The van der Waals surface area contributed by atoms with Gasteiger partial charge in [-0.3, -0.25) is 4.79 Å². The van der Waals surface area contributed by atoms with Crippen molar-refractivity contribution in [3.05, 3.63) is 0 Å². The van der Waals surface area contributed by atoms with Crippen molar-refractivity contribution in [2.75, 3.05) is 20.2 Å². The Morgan fingerprint density at radius 3 is 2.29 bits per heavy atom. The van der Waals surface area contributed by atoms with E-state index in [4.69, 9.17) is 10.5 Å². The van der Waals surface area contributed by atoms with Crippen molar-refractivity contribution in [3.8, 4) is 0 Å². The number of ether oxygens (including phenoxy) is 1. The topological polar surface area (TPSA) is 55.6 Å². The van der Waals surface area contributed by atoms with Crippen LogP contribution < -0.4 is 5.73 Å². The molecule has 1 fully saturated rings. The first-order valence-electron chi connectivity index (χ1n) is 5.01. The Balaban J connectivity index is 2.45. The summed E-state index contributed by atoms with van der Waals surface area (Å²) in [5, 5.41) is 0. The maximum Gasteiger partial charge on any atom is 0.251 e. The summed E-state index contributed by atoms with van der Waals surface area (Å²) in [4.78, 5) is 13.4. The SMILES string of the molecule is COC(C)C(=O)N1CC(N)(C(C)C)C1. The van der Waals surface area contributed by atoms with Crippen LogP contribution in [-0.2, 0) is 9.53 Å². The zero-order valence-electron chi connectivity index (χ0n) is 9.41. The number of rotatable bonds is 3. The van der Waals surface area contributed by atoms with Crippen LogP contribution in [-0.4, -0.2) is 42.6 Å². The molecule has 1 atom stereocenters. The maximum atomic E-state index is 11.6. The number of hydrogen-bond acceptors (Lipinski definition) is 3. The molecule has 0 spiro atoms. The molecule has 0 radical (unpaired) electrons. The van der Waals surface area contributed by atoms with Gasteiger partial charge >= 0.3 is 0 Å². The van der Waals surface area contributed by atoms with Gasteiger partial charge in [0.1, 0.15) is 6.10 Å². The molecule has 0 aliphatic carbocycles. The van der Waals surface area contributed by atoms with E-state index in [1.54, 1.807) is 18.9 Å². The number of amides is 1. The van der Waals surface area contributed by atoms with Gasteiger partial charge in [0, 0.05) is 20.2 Å². The van der Waals surface area contributed by atoms with Gasteiger partial charge < -0.3 is 15.4 Å². The van der Waals surface area contributed by atoms with E-state index in [2.05, 4.69) is 13.8 Å². The predicted octanol–water partition coefficient (Wildman–Crippen LogP) is 0.217. The summed E-state index contributed by atoms with van der Waals surface area (Å²) in [6.45, 7) is 7.23. The highest BCUT2D eigenvalue weighted by Crippen LogP contribution is 2.26. The first-order valence-corrected chi connectivity index (χ1v) is 5.01. The molecule has 2 N–H and O–H groups in total. The second kappa shape index (κ2) is 3.87. The van der Waals surface area contributed by atoms with E-state index in [1.807, 2.05) is 0 Å². The van der Waals surface area contributed by atoms with Crippen LogP contribution in [0.15, 0.2) is 0 Å². The summed E-state index contributed by atoms with van der Waals surface area (Å²) in [6.07, 6.45) is -0.355. The van der Waals surface area contributed by atoms with Crippen molar-refractivity contribution < 1.29 is 9.53 Å². The summed E-state index contributed by atoms with van der Waals surface area (Å²) in [6, 6.07) is 0. The van der Waals surface area contributed by atoms with Gasteiger partial charge in [0.25, 0.3) is 5.91 Å². The van der Waals surface area contributed by atoms with Crippen LogP contribution in [0.4, 0.5) is 0 Å². The van der Waals surface area contributed by atoms with Crippen molar-refractivity contribution in [2.24, 2.45) is 11.7 Å². The fraction of sp³-hybridized carbons (Fsp3) is 0.900. The normalized spacial score (nSPS) is 22.0. The Morgan fingerprint density at radius 2 is 1.93 bits per heavy atom. The second-order valence-corrected chi connectivity index (χ2v) is 4.46. The number of nitrogens with two attached hydrogens (primary N) is 1. The first-order chi connectivity index (χ1) is 6.40. The molecule has 4 heteroatoms. The summed E-state index contributed by atoms with van der Waals surface area (Å²) in [5.74, 6) is 0.443. The lowest BCUT2D eigenvalue weighted by Crippen LogP contribution is -2.72. The molecule has 0 saturated carbocycles. The number of hydrogen-bond donors (Lipinski definition) is 1. The van der Waals surface area contributed by atoms with Gasteiger partial charge in [-0.15, -0.1) is 0 Å². The third-order valence-corrected chi connectivity index (χ3v) is 3.13. The van der Waals surface area contributed by atoms with Crippen molar-refractivity contribution in [2.45, 2.75) is 32.4 Å². The smallest absolute Gasteiger partial charge is 0.251 e. The van der Waals surface area contributed by atoms with Crippen molar-refractivity contribution >= 4 is 5.91 Å². The van der Waals surface area contributed by atoms with Gasteiger partial charge in [-0.2, -0.15) is 0 Å². The molecular formula is C10H20N2O2. The van der Waals surface area contributed by atoms with Gasteiger partial charge in [0.2, 0.25) is 0 Å². The predicted molar refractivity (Wildman–Crippen MR) is 54.8 cm³/mol. The number of nitrogens with zero attached hydrogens (tertiary/aromatic N) is 1. The second-order valence-electron chi connectivity index (χ2n) is 4.46. The molecule has 0 aromatic rings. The quantitative estimate of drug-likeness (QED) is 0.709. The highest BCUT2D eigenvalue weighted by molar-refractivity contribution is 5.81. The fourth-order valence-electron chi connectivity index (χ4n) is 1.54. The largest absolute Gasteiger partial charge is 0.372 e. The molecule has 4 nitrogen and oxygen atoms in total. The van der Waals surface area contributed by atoms with Crippen LogP contribution >= 0.6 is 0 Å². The third kappa shape index (κ3) is 1.91. The summed E-state index contributed by atoms with van der Waals surface area (Å²) in [7, 11) is 1.54. The van der Waals surface area contributed by atoms with Gasteiger partial charge in [0.15, 0.2) is 0 Å². The van der Waals surface area contributed by atoms with Gasteiger partial charge in [-0.05, 0) is 12.8 Å². The van der Waals surface area contributed by atoms with Crippen molar-refractivity contribution in [1.29, 1.82) is 0 Å². The number of methoxy groups -OCH3 is 1. The summed E-state index contributed by atoms with van der Waals surface area (Å²) in [5.41, 5.74) is 5.89. The van der Waals surface area contributed by atoms with E-state index < -0.39 is 0 Å². The molecule has 14 heavy (non-hydrogen) atoms. The van der Waals surface area contributed by atoms with Crippen LogP contribution in [0.3, 0.4) is 0 Å². The van der Waals surface area contributed by atoms with Crippen LogP contribution in [0.25, 0.3) is 0 Å². The molecular weight excluding hydrogens is 180 g/mol. The molecule has 0 bridgehead atoms. The number of likely N-dealkylation sites (tertiary alicyclic amines) is 1. The highest BCUT2D eigenvalue weighted by Gasteiger charge is 2.44. The lowest BCUT2D eigenvalue weighted by atomic mass is 9.80. The maximum absolute atomic E-state index is 11.6. The van der Waals surface area contributed by atoms with Crippen LogP contribution in [0.2, 0.25) is 0 Å². The first kappa shape index (κ1) is 11.5. The molecule has 82 valence electrons. The van der Waals surface area contributed by atoms with E-state index in [0.717, 1.165) is 0 Å². The van der Waals surface area contributed by atoms with Crippen molar-refractivity contribution in [3.63, 3.8) is 0 Å². The summed E-state index contributed by atoms with van der Waals surface area (Å²) < 4.78 is 4.97. The minimum Gasteiger partial charge on any atom is -0.372 e. The Morgan fingerprint density at radius 1 is 1.43 bits per heavy atom. The Bertz CT molecular complexity index is 222. The molecule has 1 amide bonds. The van der Waals surface area contributed by atoms with E-state index in [0.29, 0.717) is 19.0 Å². The van der Waals surface area contributed by atoms with E-state index >= 15 is 0 Å². The lowest BCUT2D eigenvalue weighted by molar-refractivity contribution is -0.149. The zero-order valence-corrected chi connectivity index (χ0v) is 9.41. The molecule has 1 aliphatic rings.